The van der Waals surface area contributed by atoms with Crippen LogP contribution in [0.1, 0.15) is 12.5 Å². The Hall–Kier alpha value is -2.40. The van der Waals surface area contributed by atoms with Gasteiger partial charge >= 0.3 is 5.97 Å². The summed E-state index contributed by atoms with van der Waals surface area (Å²) in [4.78, 5) is 21.0. The van der Waals surface area contributed by atoms with E-state index in [1.54, 1.807) is 6.92 Å². The highest BCUT2D eigenvalue weighted by atomic mass is 32.2. The number of nitro groups is 1. The molecule has 1 rings (SSSR count). The number of benzene rings is 1. The number of nitro benzene ring substituents is 1. The second kappa shape index (κ2) is 6.16. The molecule has 0 unspecified atom stereocenters. The second-order valence-electron chi connectivity index (χ2n) is 3.68. The van der Waals surface area contributed by atoms with Crippen LogP contribution >= 0.6 is 0 Å². The smallest absolute Gasteiger partial charge is 0.384 e. The van der Waals surface area contributed by atoms with Crippen LogP contribution in [-0.4, -0.2) is 32.2 Å². The van der Waals surface area contributed by atoms with Gasteiger partial charge in [-0.3, -0.25) is 10.1 Å². The zero-order valence-corrected chi connectivity index (χ0v) is 11.6. The molecule has 106 valence electrons. The maximum Gasteiger partial charge on any atom is 0.384 e. The van der Waals surface area contributed by atoms with Crippen molar-refractivity contribution in [2.24, 2.45) is 0 Å². The van der Waals surface area contributed by atoms with Crippen LogP contribution in [-0.2, 0) is 19.4 Å². The molecule has 0 saturated carbocycles. The van der Waals surface area contributed by atoms with Gasteiger partial charge in [0.1, 0.15) is 5.56 Å². The minimum Gasteiger partial charge on any atom is -0.456 e. The van der Waals surface area contributed by atoms with E-state index in [4.69, 9.17) is 0 Å². The van der Waals surface area contributed by atoms with Gasteiger partial charge in [0, 0.05) is 18.2 Å². The lowest BCUT2D eigenvalue weighted by molar-refractivity contribution is -0.385. The van der Waals surface area contributed by atoms with Crippen molar-refractivity contribution in [3.63, 3.8) is 0 Å². The van der Waals surface area contributed by atoms with E-state index in [-0.39, 0.29) is 17.1 Å². The predicted molar refractivity (Wildman–Crippen MR) is 69.7 cm³/mol. The molecular weight excluding hydrogens is 286 g/mol. The van der Waals surface area contributed by atoms with Gasteiger partial charge in [0.15, 0.2) is 9.84 Å². The Morgan fingerprint density at radius 3 is 2.60 bits per heavy atom. The molecule has 1 aromatic carbocycles. The number of nitrogens with zero attached hydrogens (tertiary/aromatic N) is 1. The highest BCUT2D eigenvalue weighted by Gasteiger charge is 2.17. The summed E-state index contributed by atoms with van der Waals surface area (Å²) < 4.78 is 27.2. The molecule has 0 bridgehead atoms. The molecule has 0 atom stereocenters. The highest BCUT2D eigenvalue weighted by molar-refractivity contribution is 7.90. The van der Waals surface area contributed by atoms with Crippen LogP contribution in [0.15, 0.2) is 23.1 Å². The average Bonchev–Trinajstić information content (AvgIpc) is 2.35. The first-order chi connectivity index (χ1) is 9.25. The lowest BCUT2D eigenvalue weighted by Crippen LogP contribution is -2.02. The third-order valence-electron chi connectivity index (χ3n) is 2.17. The molecule has 20 heavy (non-hydrogen) atoms. The standard InChI is InChI=1S/C12H11NO6S/c1-3-19-12(14)7-5-9-4-6-10(20(2,17)18)8-11(9)13(15)16/h4,6,8H,3H2,1-2H3. The first kappa shape index (κ1) is 15.7. The summed E-state index contributed by atoms with van der Waals surface area (Å²) in [5, 5.41) is 10.9. The Morgan fingerprint density at radius 2 is 2.10 bits per heavy atom. The Morgan fingerprint density at radius 1 is 1.45 bits per heavy atom. The minimum atomic E-state index is -3.56. The molecule has 0 aliphatic heterocycles. The summed E-state index contributed by atoms with van der Waals surface area (Å²) in [5.74, 6) is 3.57. The van der Waals surface area contributed by atoms with Gasteiger partial charge in [-0.15, -0.1) is 0 Å². The number of esters is 1. The Balaban J connectivity index is 3.28. The Kier molecular flexibility index (Phi) is 4.83. The van der Waals surface area contributed by atoms with Crippen molar-refractivity contribution in [3.05, 3.63) is 33.9 Å². The molecule has 7 nitrogen and oxygen atoms in total. The number of ether oxygens (including phenoxy) is 1. The maximum atomic E-state index is 11.3. The van der Waals surface area contributed by atoms with Crippen LogP contribution in [0.4, 0.5) is 5.69 Å². The van der Waals surface area contributed by atoms with Gasteiger partial charge in [0.05, 0.1) is 16.4 Å². The molecule has 0 aliphatic carbocycles. The molecule has 0 fully saturated rings. The van der Waals surface area contributed by atoms with Gasteiger partial charge in [0.2, 0.25) is 0 Å². The predicted octanol–water partition coefficient (Wildman–Crippen LogP) is 0.913. The van der Waals surface area contributed by atoms with Crippen LogP contribution in [0.2, 0.25) is 0 Å². The monoisotopic (exact) mass is 297 g/mol. The fourth-order valence-electron chi connectivity index (χ4n) is 1.28. The SMILES string of the molecule is CCOC(=O)C#Cc1ccc(S(C)(=O)=O)cc1[N+](=O)[O-]. The van der Waals surface area contributed by atoms with E-state index in [9.17, 15) is 23.3 Å². The van der Waals surface area contributed by atoms with Gasteiger partial charge in [-0.25, -0.2) is 13.2 Å². The number of sulfone groups is 1. The fourth-order valence-corrected chi connectivity index (χ4v) is 1.93. The molecule has 0 N–H and O–H groups in total. The third-order valence-corrected chi connectivity index (χ3v) is 3.28. The molecule has 1 aromatic rings. The van der Waals surface area contributed by atoms with E-state index >= 15 is 0 Å². The van der Waals surface area contributed by atoms with E-state index in [0.717, 1.165) is 12.3 Å². The number of hydrogen-bond acceptors (Lipinski definition) is 6. The van der Waals surface area contributed by atoms with Gasteiger partial charge in [-0.2, -0.15) is 0 Å². The van der Waals surface area contributed by atoms with Crippen molar-refractivity contribution in [3.8, 4) is 11.8 Å². The summed E-state index contributed by atoms with van der Waals surface area (Å²) in [6.45, 7) is 1.74. The molecule has 0 aliphatic rings. The van der Waals surface area contributed by atoms with E-state index in [0.29, 0.717) is 0 Å². The van der Waals surface area contributed by atoms with E-state index < -0.39 is 26.4 Å². The summed E-state index contributed by atoms with van der Waals surface area (Å²) in [6, 6.07) is 3.28. The van der Waals surface area contributed by atoms with Gasteiger partial charge < -0.3 is 4.74 Å². The van der Waals surface area contributed by atoms with Crippen molar-refractivity contribution in [2.75, 3.05) is 12.9 Å². The molecular formula is C12H11NO6S. The topological polar surface area (TPSA) is 104 Å². The van der Waals surface area contributed by atoms with E-state index in [1.807, 2.05) is 0 Å². The van der Waals surface area contributed by atoms with Crippen molar-refractivity contribution < 1.29 is 22.9 Å². The second-order valence-corrected chi connectivity index (χ2v) is 5.69. The minimum absolute atomic E-state index is 0.0598. The zero-order chi connectivity index (χ0) is 15.3. The first-order valence-electron chi connectivity index (χ1n) is 5.43. The highest BCUT2D eigenvalue weighted by Crippen LogP contribution is 2.22. The lowest BCUT2D eigenvalue weighted by atomic mass is 10.2. The maximum absolute atomic E-state index is 11.3. The van der Waals surface area contributed by atoms with Gasteiger partial charge in [0.25, 0.3) is 5.69 Å². The number of rotatable bonds is 3. The third kappa shape index (κ3) is 4.07. The largest absolute Gasteiger partial charge is 0.456 e. The van der Waals surface area contributed by atoms with E-state index in [2.05, 4.69) is 16.6 Å². The quantitative estimate of drug-likeness (QED) is 0.355. The molecule has 0 radical (unpaired) electrons. The van der Waals surface area contributed by atoms with Crippen molar-refractivity contribution in [1.82, 2.24) is 0 Å². The Bertz CT molecular complexity index is 711. The van der Waals surface area contributed by atoms with Crippen LogP contribution in [0.5, 0.6) is 0 Å². The normalized spacial score (nSPS) is 10.3. The molecule has 0 heterocycles. The molecule has 8 heteroatoms. The van der Waals surface area contributed by atoms with Gasteiger partial charge in [-0.05, 0) is 25.0 Å². The number of carbonyl (C=O) groups excluding carboxylic acids is 1. The van der Waals surface area contributed by atoms with E-state index in [1.165, 1.54) is 12.1 Å². The number of hydrogen-bond donors (Lipinski definition) is 0. The molecule has 0 aromatic heterocycles. The fraction of sp³-hybridized carbons (Fsp3) is 0.250. The van der Waals surface area contributed by atoms with Crippen LogP contribution < -0.4 is 0 Å². The summed E-state index contributed by atoms with van der Waals surface area (Å²) in [6.07, 6.45) is 0.941. The summed E-state index contributed by atoms with van der Waals surface area (Å²) in [5.41, 5.74) is -0.542. The Labute approximate surface area is 115 Å². The van der Waals surface area contributed by atoms with Crippen molar-refractivity contribution >= 4 is 21.5 Å². The summed E-state index contributed by atoms with van der Waals surface area (Å²) in [7, 11) is -3.56. The first-order valence-corrected chi connectivity index (χ1v) is 7.32. The lowest BCUT2D eigenvalue weighted by Gasteiger charge is -2.00. The number of carbonyl (C=O) groups is 1. The van der Waals surface area contributed by atoms with Crippen molar-refractivity contribution in [1.29, 1.82) is 0 Å². The van der Waals surface area contributed by atoms with Crippen molar-refractivity contribution in [2.45, 2.75) is 11.8 Å². The summed E-state index contributed by atoms with van der Waals surface area (Å²) >= 11 is 0. The van der Waals surface area contributed by atoms with Crippen LogP contribution in [0.3, 0.4) is 0 Å². The molecule has 0 saturated heterocycles. The molecule has 0 amide bonds. The average molecular weight is 297 g/mol. The van der Waals surface area contributed by atoms with Crippen LogP contribution in [0, 0.1) is 22.0 Å². The van der Waals surface area contributed by atoms with Crippen LogP contribution in [0.25, 0.3) is 0 Å². The zero-order valence-electron chi connectivity index (χ0n) is 10.7. The molecule has 0 spiro atoms. The van der Waals surface area contributed by atoms with Gasteiger partial charge in [-0.1, -0.05) is 0 Å².